The minimum atomic E-state index is -0.415. The van der Waals surface area contributed by atoms with Crippen LogP contribution < -0.4 is 10.6 Å². The number of nitrogens with one attached hydrogen (secondary N) is 2. The Labute approximate surface area is 126 Å². The first kappa shape index (κ1) is 15.8. The Morgan fingerprint density at radius 3 is 2.62 bits per heavy atom. The zero-order valence-corrected chi connectivity index (χ0v) is 12.8. The third-order valence-corrected chi connectivity index (χ3v) is 4.02. The first-order chi connectivity index (χ1) is 10.2. The number of benzene rings is 1. The quantitative estimate of drug-likeness (QED) is 0.731. The number of aliphatic hydroxyl groups is 1. The molecule has 1 aromatic rings. The van der Waals surface area contributed by atoms with E-state index in [4.69, 9.17) is 0 Å². The molecule has 0 radical (unpaired) electrons. The lowest BCUT2D eigenvalue weighted by Gasteiger charge is -2.21. The molecule has 2 atom stereocenters. The Morgan fingerprint density at radius 1 is 1.19 bits per heavy atom. The second kappa shape index (κ2) is 8.03. The van der Waals surface area contributed by atoms with Crippen LogP contribution in [-0.2, 0) is 0 Å². The highest BCUT2D eigenvalue weighted by molar-refractivity contribution is 5.94. The molecule has 0 aliphatic heterocycles. The zero-order valence-electron chi connectivity index (χ0n) is 12.8. The van der Waals surface area contributed by atoms with Crippen LogP contribution in [0.2, 0.25) is 0 Å². The van der Waals surface area contributed by atoms with Crippen LogP contribution in [-0.4, -0.2) is 29.7 Å². The molecule has 1 aliphatic carbocycles. The molecule has 2 rings (SSSR count). The average Bonchev–Trinajstić information content (AvgIpc) is 2.70. The fourth-order valence-corrected chi connectivity index (χ4v) is 2.72. The summed E-state index contributed by atoms with van der Waals surface area (Å²) in [7, 11) is 0. The largest absolute Gasteiger partial charge is 0.391 e. The molecule has 0 heterocycles. The Morgan fingerprint density at radius 2 is 1.90 bits per heavy atom. The summed E-state index contributed by atoms with van der Waals surface area (Å²) in [5.41, 5.74) is 1.68. The molecular weight excluding hydrogens is 264 g/mol. The Balaban J connectivity index is 1.92. The number of rotatable bonds is 5. The summed E-state index contributed by atoms with van der Waals surface area (Å²) in [6, 6.07) is 7.40. The SMILES string of the molecule is CCCNc1ccc(C(=O)NC2CCCCCC2O)cc1. The number of hydrogen-bond acceptors (Lipinski definition) is 3. The van der Waals surface area contributed by atoms with Crippen LogP contribution in [0, 0.1) is 0 Å². The molecule has 1 aliphatic rings. The molecule has 0 aromatic heterocycles. The predicted octanol–water partition coefficient (Wildman–Crippen LogP) is 2.93. The number of carbonyl (C=O) groups is 1. The van der Waals surface area contributed by atoms with Crippen molar-refractivity contribution in [2.75, 3.05) is 11.9 Å². The van der Waals surface area contributed by atoms with Crippen LogP contribution in [0.4, 0.5) is 5.69 Å². The summed E-state index contributed by atoms with van der Waals surface area (Å²) in [5.74, 6) is -0.0945. The third-order valence-electron chi connectivity index (χ3n) is 4.02. The van der Waals surface area contributed by atoms with Crippen molar-refractivity contribution in [3.05, 3.63) is 29.8 Å². The van der Waals surface area contributed by atoms with Gasteiger partial charge in [0.25, 0.3) is 5.91 Å². The fraction of sp³-hybridized carbons (Fsp3) is 0.588. The number of carbonyl (C=O) groups excluding carboxylic acids is 1. The minimum Gasteiger partial charge on any atom is -0.391 e. The van der Waals surface area contributed by atoms with Crippen molar-refractivity contribution >= 4 is 11.6 Å². The van der Waals surface area contributed by atoms with Crippen molar-refractivity contribution in [1.29, 1.82) is 0 Å². The normalized spacial score (nSPS) is 22.4. The van der Waals surface area contributed by atoms with Gasteiger partial charge in [-0.1, -0.05) is 26.2 Å². The molecule has 3 N–H and O–H groups in total. The summed E-state index contributed by atoms with van der Waals surface area (Å²) >= 11 is 0. The van der Waals surface area contributed by atoms with Gasteiger partial charge in [-0.25, -0.2) is 0 Å². The van der Waals surface area contributed by atoms with Crippen LogP contribution in [0.15, 0.2) is 24.3 Å². The number of aliphatic hydroxyl groups excluding tert-OH is 1. The number of amides is 1. The van der Waals surface area contributed by atoms with Gasteiger partial charge in [-0.3, -0.25) is 4.79 Å². The highest BCUT2D eigenvalue weighted by atomic mass is 16.3. The van der Waals surface area contributed by atoms with Crippen molar-refractivity contribution < 1.29 is 9.90 Å². The van der Waals surface area contributed by atoms with Gasteiger partial charge in [0.1, 0.15) is 0 Å². The van der Waals surface area contributed by atoms with E-state index in [9.17, 15) is 9.90 Å². The van der Waals surface area contributed by atoms with Crippen molar-refractivity contribution in [2.24, 2.45) is 0 Å². The number of anilines is 1. The lowest BCUT2D eigenvalue weighted by molar-refractivity contribution is 0.0819. The van der Waals surface area contributed by atoms with E-state index in [0.29, 0.717) is 5.56 Å². The van der Waals surface area contributed by atoms with Crippen molar-refractivity contribution in [3.8, 4) is 0 Å². The molecule has 1 fully saturated rings. The van der Waals surface area contributed by atoms with Crippen LogP contribution in [0.1, 0.15) is 55.8 Å². The van der Waals surface area contributed by atoms with Crippen LogP contribution in [0.3, 0.4) is 0 Å². The van der Waals surface area contributed by atoms with Gasteiger partial charge in [-0.15, -0.1) is 0 Å². The van der Waals surface area contributed by atoms with Gasteiger partial charge in [0.2, 0.25) is 0 Å². The van der Waals surface area contributed by atoms with E-state index in [1.54, 1.807) is 0 Å². The van der Waals surface area contributed by atoms with Gasteiger partial charge in [-0.2, -0.15) is 0 Å². The molecule has 116 valence electrons. The molecule has 1 aromatic carbocycles. The van der Waals surface area contributed by atoms with E-state index in [0.717, 1.165) is 50.8 Å². The van der Waals surface area contributed by atoms with Crippen LogP contribution in [0.5, 0.6) is 0 Å². The van der Waals surface area contributed by atoms with Crippen LogP contribution in [0.25, 0.3) is 0 Å². The Bertz CT molecular complexity index is 445. The summed E-state index contributed by atoms with van der Waals surface area (Å²) in [4.78, 5) is 12.3. The first-order valence-corrected chi connectivity index (χ1v) is 8.03. The van der Waals surface area contributed by atoms with E-state index in [1.165, 1.54) is 0 Å². The predicted molar refractivity (Wildman–Crippen MR) is 85.6 cm³/mol. The van der Waals surface area contributed by atoms with E-state index in [1.807, 2.05) is 24.3 Å². The van der Waals surface area contributed by atoms with Crippen molar-refractivity contribution in [2.45, 2.75) is 57.6 Å². The van der Waals surface area contributed by atoms with Crippen molar-refractivity contribution in [1.82, 2.24) is 5.32 Å². The molecular formula is C17H26N2O2. The summed E-state index contributed by atoms with van der Waals surface area (Å²) in [6.07, 6.45) is 5.56. The van der Waals surface area contributed by atoms with E-state index in [2.05, 4.69) is 17.6 Å². The highest BCUT2D eigenvalue weighted by Crippen LogP contribution is 2.18. The van der Waals surface area contributed by atoms with Gasteiger partial charge in [0, 0.05) is 17.8 Å². The zero-order chi connectivity index (χ0) is 15.1. The van der Waals surface area contributed by atoms with Gasteiger partial charge in [0.05, 0.1) is 12.1 Å². The second-order valence-electron chi connectivity index (χ2n) is 5.79. The lowest BCUT2D eigenvalue weighted by Crippen LogP contribution is -2.42. The Kier molecular flexibility index (Phi) is 6.05. The third kappa shape index (κ3) is 4.74. The van der Waals surface area contributed by atoms with E-state index >= 15 is 0 Å². The maximum atomic E-state index is 12.3. The standard InChI is InChI=1S/C17H26N2O2/c1-2-12-18-14-10-8-13(9-11-14)17(21)19-15-6-4-3-5-7-16(15)20/h8-11,15-16,18,20H,2-7,12H2,1H3,(H,19,21). The van der Waals surface area contributed by atoms with Gasteiger partial charge in [-0.05, 0) is 43.5 Å². The number of hydrogen-bond donors (Lipinski definition) is 3. The molecule has 21 heavy (non-hydrogen) atoms. The average molecular weight is 290 g/mol. The molecule has 1 amide bonds. The topological polar surface area (TPSA) is 61.4 Å². The maximum absolute atomic E-state index is 12.3. The monoisotopic (exact) mass is 290 g/mol. The van der Waals surface area contributed by atoms with E-state index < -0.39 is 6.10 Å². The minimum absolute atomic E-state index is 0.0945. The summed E-state index contributed by atoms with van der Waals surface area (Å²) < 4.78 is 0. The molecule has 4 nitrogen and oxygen atoms in total. The fourth-order valence-electron chi connectivity index (χ4n) is 2.72. The summed E-state index contributed by atoms with van der Waals surface area (Å²) in [5, 5.41) is 16.3. The Hall–Kier alpha value is -1.55. The van der Waals surface area contributed by atoms with Gasteiger partial charge >= 0.3 is 0 Å². The molecule has 0 bridgehead atoms. The second-order valence-corrected chi connectivity index (χ2v) is 5.79. The maximum Gasteiger partial charge on any atom is 0.251 e. The molecule has 4 heteroatoms. The lowest BCUT2D eigenvalue weighted by atomic mass is 10.1. The first-order valence-electron chi connectivity index (χ1n) is 8.03. The summed E-state index contributed by atoms with van der Waals surface area (Å²) in [6.45, 7) is 3.05. The van der Waals surface area contributed by atoms with Gasteiger partial charge < -0.3 is 15.7 Å². The molecule has 0 spiro atoms. The van der Waals surface area contributed by atoms with Crippen LogP contribution >= 0.6 is 0 Å². The molecule has 2 unspecified atom stereocenters. The highest BCUT2D eigenvalue weighted by Gasteiger charge is 2.23. The molecule has 0 saturated heterocycles. The van der Waals surface area contributed by atoms with Gasteiger partial charge in [0.15, 0.2) is 0 Å². The van der Waals surface area contributed by atoms with Crippen molar-refractivity contribution in [3.63, 3.8) is 0 Å². The molecule has 1 saturated carbocycles. The van der Waals surface area contributed by atoms with E-state index in [-0.39, 0.29) is 11.9 Å². The smallest absolute Gasteiger partial charge is 0.251 e.